The highest BCUT2D eigenvalue weighted by Gasteiger charge is 2.10. The molecule has 0 aliphatic carbocycles. The number of amides is 1. The van der Waals surface area contributed by atoms with Gasteiger partial charge in [0, 0.05) is 29.6 Å². The SMILES string of the molecule is Cc1ccncc1CNC(=O)c1ncccc1Br. The summed E-state index contributed by atoms with van der Waals surface area (Å²) in [5, 5.41) is 2.83. The fourth-order valence-corrected chi connectivity index (χ4v) is 1.93. The van der Waals surface area contributed by atoms with Crippen LogP contribution in [-0.2, 0) is 6.54 Å². The molecule has 4 nitrogen and oxygen atoms in total. The molecule has 2 aromatic heterocycles. The minimum absolute atomic E-state index is 0.203. The molecule has 1 N–H and O–H groups in total. The molecule has 18 heavy (non-hydrogen) atoms. The molecule has 0 bridgehead atoms. The summed E-state index contributed by atoms with van der Waals surface area (Å²) in [7, 11) is 0. The number of hydrogen-bond acceptors (Lipinski definition) is 3. The lowest BCUT2D eigenvalue weighted by Crippen LogP contribution is -2.24. The van der Waals surface area contributed by atoms with Crippen molar-refractivity contribution >= 4 is 21.8 Å². The second kappa shape index (κ2) is 5.73. The summed E-state index contributed by atoms with van der Waals surface area (Å²) in [6.45, 7) is 2.43. The van der Waals surface area contributed by atoms with Crippen LogP contribution in [0.2, 0.25) is 0 Å². The minimum Gasteiger partial charge on any atom is -0.347 e. The van der Waals surface area contributed by atoms with E-state index < -0.39 is 0 Å². The van der Waals surface area contributed by atoms with Crippen molar-refractivity contribution in [3.63, 3.8) is 0 Å². The molecule has 0 unspecified atom stereocenters. The lowest BCUT2D eigenvalue weighted by molar-refractivity contribution is 0.0945. The Balaban J connectivity index is 2.06. The van der Waals surface area contributed by atoms with E-state index in [0.29, 0.717) is 16.7 Å². The third-order valence-electron chi connectivity index (χ3n) is 2.56. The molecule has 5 heteroatoms. The smallest absolute Gasteiger partial charge is 0.271 e. The molecule has 0 saturated heterocycles. The first-order valence-electron chi connectivity index (χ1n) is 5.46. The van der Waals surface area contributed by atoms with Crippen LogP contribution in [0.15, 0.2) is 41.3 Å². The molecule has 0 aliphatic rings. The molecule has 0 saturated carbocycles. The van der Waals surface area contributed by atoms with Crippen molar-refractivity contribution in [3.05, 3.63) is 58.1 Å². The third-order valence-corrected chi connectivity index (χ3v) is 3.20. The number of aromatic nitrogens is 2. The predicted octanol–water partition coefficient (Wildman–Crippen LogP) is 2.48. The molecule has 0 radical (unpaired) electrons. The van der Waals surface area contributed by atoms with E-state index >= 15 is 0 Å². The van der Waals surface area contributed by atoms with Crippen LogP contribution in [0.5, 0.6) is 0 Å². The van der Waals surface area contributed by atoms with Crippen LogP contribution in [0.4, 0.5) is 0 Å². The first-order valence-corrected chi connectivity index (χ1v) is 6.26. The zero-order valence-corrected chi connectivity index (χ0v) is 11.4. The molecule has 0 aromatic carbocycles. The number of aryl methyl sites for hydroxylation is 1. The van der Waals surface area contributed by atoms with Crippen LogP contribution in [-0.4, -0.2) is 15.9 Å². The van der Waals surface area contributed by atoms with Crippen molar-refractivity contribution in [1.82, 2.24) is 15.3 Å². The van der Waals surface area contributed by atoms with Crippen molar-refractivity contribution in [3.8, 4) is 0 Å². The summed E-state index contributed by atoms with van der Waals surface area (Å²) in [5.74, 6) is -0.203. The van der Waals surface area contributed by atoms with Crippen LogP contribution >= 0.6 is 15.9 Å². The van der Waals surface area contributed by atoms with Gasteiger partial charge in [-0.05, 0) is 52.2 Å². The number of nitrogens with zero attached hydrogens (tertiary/aromatic N) is 2. The fourth-order valence-electron chi connectivity index (χ4n) is 1.49. The molecule has 2 aromatic rings. The Morgan fingerprint density at radius 1 is 1.39 bits per heavy atom. The van der Waals surface area contributed by atoms with E-state index in [2.05, 4.69) is 31.2 Å². The third kappa shape index (κ3) is 2.92. The van der Waals surface area contributed by atoms with E-state index in [0.717, 1.165) is 11.1 Å². The van der Waals surface area contributed by atoms with Gasteiger partial charge in [-0.15, -0.1) is 0 Å². The van der Waals surface area contributed by atoms with Crippen LogP contribution in [0.1, 0.15) is 21.6 Å². The molecule has 1 amide bonds. The zero-order chi connectivity index (χ0) is 13.0. The second-order valence-electron chi connectivity index (χ2n) is 3.82. The normalized spacial score (nSPS) is 10.1. The van der Waals surface area contributed by atoms with Gasteiger partial charge in [0.25, 0.3) is 5.91 Å². The number of rotatable bonds is 3. The molecular weight excluding hydrogens is 294 g/mol. The number of nitrogens with one attached hydrogen (secondary N) is 1. The topological polar surface area (TPSA) is 54.9 Å². The van der Waals surface area contributed by atoms with Crippen molar-refractivity contribution in [2.75, 3.05) is 0 Å². The maximum Gasteiger partial charge on any atom is 0.271 e. The van der Waals surface area contributed by atoms with Gasteiger partial charge in [0.15, 0.2) is 0 Å². The lowest BCUT2D eigenvalue weighted by atomic mass is 10.1. The van der Waals surface area contributed by atoms with Gasteiger partial charge >= 0.3 is 0 Å². The monoisotopic (exact) mass is 305 g/mol. The molecule has 0 fully saturated rings. The summed E-state index contributed by atoms with van der Waals surface area (Å²) in [6, 6.07) is 5.47. The van der Waals surface area contributed by atoms with Gasteiger partial charge in [-0.2, -0.15) is 0 Å². The lowest BCUT2D eigenvalue weighted by Gasteiger charge is -2.07. The summed E-state index contributed by atoms with van der Waals surface area (Å²) in [4.78, 5) is 20.0. The Hall–Kier alpha value is -1.75. The van der Waals surface area contributed by atoms with Crippen molar-refractivity contribution < 1.29 is 4.79 Å². The van der Waals surface area contributed by atoms with Gasteiger partial charge in [0.2, 0.25) is 0 Å². The number of halogens is 1. The van der Waals surface area contributed by atoms with Gasteiger partial charge in [0.05, 0.1) is 0 Å². The largest absolute Gasteiger partial charge is 0.347 e. The van der Waals surface area contributed by atoms with Gasteiger partial charge in [-0.25, -0.2) is 4.98 Å². The number of carbonyl (C=O) groups excluding carboxylic acids is 1. The number of carbonyl (C=O) groups is 1. The summed E-state index contributed by atoms with van der Waals surface area (Å²) >= 11 is 3.30. The highest BCUT2D eigenvalue weighted by molar-refractivity contribution is 9.10. The maximum atomic E-state index is 11.9. The second-order valence-corrected chi connectivity index (χ2v) is 4.67. The van der Waals surface area contributed by atoms with Gasteiger partial charge in [-0.3, -0.25) is 9.78 Å². The van der Waals surface area contributed by atoms with Crippen LogP contribution in [0.25, 0.3) is 0 Å². The van der Waals surface area contributed by atoms with E-state index in [9.17, 15) is 4.79 Å². The maximum absolute atomic E-state index is 11.9. The van der Waals surface area contributed by atoms with E-state index in [1.807, 2.05) is 13.0 Å². The minimum atomic E-state index is -0.203. The molecule has 2 heterocycles. The molecule has 0 aliphatic heterocycles. The van der Waals surface area contributed by atoms with Gasteiger partial charge < -0.3 is 5.32 Å². The average Bonchev–Trinajstić information content (AvgIpc) is 2.38. The van der Waals surface area contributed by atoms with E-state index in [1.54, 1.807) is 30.7 Å². The summed E-state index contributed by atoms with van der Waals surface area (Å²) in [5.41, 5.74) is 2.49. The highest BCUT2D eigenvalue weighted by Crippen LogP contribution is 2.13. The van der Waals surface area contributed by atoms with E-state index in [-0.39, 0.29) is 5.91 Å². The summed E-state index contributed by atoms with van der Waals surface area (Å²) in [6.07, 6.45) is 5.08. The Labute approximate surface area is 114 Å². The van der Waals surface area contributed by atoms with Crippen molar-refractivity contribution in [1.29, 1.82) is 0 Å². The van der Waals surface area contributed by atoms with Gasteiger partial charge in [-0.1, -0.05) is 0 Å². The molecule has 2 rings (SSSR count). The van der Waals surface area contributed by atoms with Crippen molar-refractivity contribution in [2.45, 2.75) is 13.5 Å². The fraction of sp³-hybridized carbons (Fsp3) is 0.154. The van der Waals surface area contributed by atoms with E-state index in [4.69, 9.17) is 0 Å². The quantitative estimate of drug-likeness (QED) is 0.948. The zero-order valence-electron chi connectivity index (χ0n) is 9.85. The Kier molecular flexibility index (Phi) is 4.04. The predicted molar refractivity (Wildman–Crippen MR) is 72.1 cm³/mol. The van der Waals surface area contributed by atoms with Crippen LogP contribution < -0.4 is 5.32 Å². The Bertz CT molecular complexity index is 572. The van der Waals surface area contributed by atoms with Crippen molar-refractivity contribution in [2.24, 2.45) is 0 Å². The first kappa shape index (κ1) is 12.7. The molecule has 0 spiro atoms. The molecule has 92 valence electrons. The number of pyridine rings is 2. The first-order chi connectivity index (χ1) is 8.68. The molecular formula is C13H12BrN3O. The van der Waals surface area contributed by atoms with Crippen LogP contribution in [0.3, 0.4) is 0 Å². The van der Waals surface area contributed by atoms with E-state index in [1.165, 1.54) is 0 Å². The van der Waals surface area contributed by atoms with Crippen LogP contribution in [0, 0.1) is 6.92 Å². The Morgan fingerprint density at radius 3 is 2.94 bits per heavy atom. The average molecular weight is 306 g/mol. The van der Waals surface area contributed by atoms with Gasteiger partial charge in [0.1, 0.15) is 5.69 Å². The Morgan fingerprint density at radius 2 is 2.22 bits per heavy atom. The standard InChI is InChI=1S/C13H12BrN3O/c1-9-4-6-15-7-10(9)8-17-13(18)12-11(14)3-2-5-16-12/h2-7H,8H2,1H3,(H,17,18). The summed E-state index contributed by atoms with van der Waals surface area (Å²) < 4.78 is 0.686. The molecule has 0 atom stereocenters. The highest BCUT2D eigenvalue weighted by atomic mass is 79.9. The number of hydrogen-bond donors (Lipinski definition) is 1.